The van der Waals surface area contributed by atoms with Crippen LogP contribution in [0.5, 0.6) is 0 Å². The molecule has 1 aliphatic rings. The second-order valence-electron chi connectivity index (χ2n) is 7.40. The van der Waals surface area contributed by atoms with E-state index in [9.17, 15) is 13.2 Å². The van der Waals surface area contributed by atoms with E-state index in [4.69, 9.17) is 23.2 Å². The summed E-state index contributed by atoms with van der Waals surface area (Å²) in [6, 6.07) is 9.58. The molecule has 0 radical (unpaired) electrons. The van der Waals surface area contributed by atoms with Crippen LogP contribution in [0.3, 0.4) is 0 Å². The van der Waals surface area contributed by atoms with Crippen molar-refractivity contribution in [2.24, 2.45) is 5.92 Å². The lowest BCUT2D eigenvalue weighted by Gasteiger charge is -2.30. The Labute approximate surface area is 192 Å². The summed E-state index contributed by atoms with van der Waals surface area (Å²) in [5.74, 6) is 0.480. The lowest BCUT2D eigenvalue weighted by molar-refractivity contribution is 0.0693. The smallest absolute Gasteiger partial charge is 0.255 e. The largest absolute Gasteiger partial charge is 0.339 e. The number of hydrogen-bond donors (Lipinski definition) is 1. The highest BCUT2D eigenvalue weighted by Gasteiger charge is 2.25. The molecule has 1 saturated heterocycles. The van der Waals surface area contributed by atoms with E-state index >= 15 is 0 Å². The van der Waals surface area contributed by atoms with E-state index in [1.807, 2.05) is 11.2 Å². The van der Waals surface area contributed by atoms with Crippen molar-refractivity contribution in [1.82, 2.24) is 9.62 Å². The van der Waals surface area contributed by atoms with Crippen molar-refractivity contribution in [3.63, 3.8) is 0 Å². The Morgan fingerprint density at radius 1 is 1.17 bits per heavy atom. The third kappa shape index (κ3) is 5.51. The number of hydrogen-bond acceptors (Lipinski definition) is 4. The van der Waals surface area contributed by atoms with E-state index in [0.717, 1.165) is 17.7 Å². The minimum atomic E-state index is -3.83. The number of thioether (sulfide) groups is 1. The molecule has 1 heterocycles. The standard InChI is InChI=1S/C21H24Cl2N2O3S2/c1-14-7-9-25(10-8-14)21(26)18-12-17(5-6-20(18)29-2)30(27,28)24-13-15-3-4-16(22)11-19(15)23/h3-6,11-12,14,24H,7-10,13H2,1-2H3. The Bertz CT molecular complexity index is 1040. The molecule has 0 bridgehead atoms. The van der Waals surface area contributed by atoms with Gasteiger partial charge in [0.2, 0.25) is 10.0 Å². The quantitative estimate of drug-likeness (QED) is 0.578. The van der Waals surface area contributed by atoms with Crippen LogP contribution in [0.1, 0.15) is 35.7 Å². The molecule has 1 amide bonds. The van der Waals surface area contributed by atoms with Crippen LogP contribution in [0.2, 0.25) is 10.0 Å². The fraction of sp³-hybridized carbons (Fsp3) is 0.381. The van der Waals surface area contributed by atoms with Crippen LogP contribution in [-0.2, 0) is 16.6 Å². The minimum absolute atomic E-state index is 0.0237. The molecule has 1 fully saturated rings. The number of halogens is 2. The summed E-state index contributed by atoms with van der Waals surface area (Å²) < 4.78 is 28.3. The lowest BCUT2D eigenvalue weighted by Crippen LogP contribution is -2.38. The Morgan fingerprint density at radius 3 is 2.50 bits per heavy atom. The maximum atomic E-state index is 13.1. The lowest BCUT2D eigenvalue weighted by atomic mass is 9.98. The number of nitrogens with zero attached hydrogens (tertiary/aromatic N) is 1. The zero-order valence-corrected chi connectivity index (χ0v) is 20.0. The first-order chi connectivity index (χ1) is 14.2. The van der Waals surface area contributed by atoms with Gasteiger partial charge in [0.05, 0.1) is 10.5 Å². The van der Waals surface area contributed by atoms with Gasteiger partial charge in [0.1, 0.15) is 0 Å². The molecule has 2 aromatic carbocycles. The van der Waals surface area contributed by atoms with Crippen molar-refractivity contribution in [3.05, 3.63) is 57.6 Å². The number of rotatable bonds is 6. The minimum Gasteiger partial charge on any atom is -0.339 e. The molecule has 1 aliphatic heterocycles. The van der Waals surface area contributed by atoms with Crippen LogP contribution in [0.15, 0.2) is 46.2 Å². The summed E-state index contributed by atoms with van der Waals surface area (Å²) in [4.78, 5) is 15.7. The summed E-state index contributed by atoms with van der Waals surface area (Å²) in [5.41, 5.74) is 1.04. The van der Waals surface area contributed by atoms with E-state index in [1.54, 1.807) is 24.3 Å². The van der Waals surface area contributed by atoms with Gasteiger partial charge in [-0.15, -0.1) is 11.8 Å². The van der Waals surface area contributed by atoms with Gasteiger partial charge in [0.15, 0.2) is 0 Å². The molecule has 0 spiro atoms. The number of piperidine rings is 1. The van der Waals surface area contributed by atoms with Crippen LogP contribution in [0, 0.1) is 5.92 Å². The van der Waals surface area contributed by atoms with Crippen LogP contribution < -0.4 is 4.72 Å². The predicted molar refractivity (Wildman–Crippen MR) is 123 cm³/mol. The number of nitrogens with one attached hydrogen (secondary N) is 1. The average molecular weight is 487 g/mol. The van der Waals surface area contributed by atoms with E-state index in [0.29, 0.717) is 40.2 Å². The molecule has 5 nitrogen and oxygen atoms in total. The molecule has 3 rings (SSSR count). The van der Waals surface area contributed by atoms with E-state index in [-0.39, 0.29) is 17.3 Å². The highest BCUT2D eigenvalue weighted by molar-refractivity contribution is 7.98. The van der Waals surface area contributed by atoms with Gasteiger partial charge in [-0.1, -0.05) is 36.2 Å². The van der Waals surface area contributed by atoms with Crippen molar-refractivity contribution in [3.8, 4) is 0 Å². The zero-order chi connectivity index (χ0) is 21.9. The number of carbonyl (C=O) groups excluding carboxylic acids is 1. The number of amides is 1. The van der Waals surface area contributed by atoms with Gasteiger partial charge >= 0.3 is 0 Å². The third-order valence-corrected chi connectivity index (χ3v) is 8.03. The van der Waals surface area contributed by atoms with Crippen molar-refractivity contribution < 1.29 is 13.2 Å². The van der Waals surface area contributed by atoms with Gasteiger partial charge in [-0.05, 0) is 60.9 Å². The van der Waals surface area contributed by atoms with E-state index in [1.165, 1.54) is 23.9 Å². The Hall–Kier alpha value is -1.25. The summed E-state index contributed by atoms with van der Waals surface area (Å²) in [6.07, 6.45) is 3.79. The monoisotopic (exact) mass is 486 g/mol. The molecule has 2 aromatic rings. The Morgan fingerprint density at radius 2 is 1.87 bits per heavy atom. The van der Waals surface area contributed by atoms with Crippen molar-refractivity contribution in [2.75, 3.05) is 19.3 Å². The first-order valence-corrected chi connectivity index (χ1v) is 13.1. The molecular formula is C21H24Cl2N2O3S2. The summed E-state index contributed by atoms with van der Waals surface area (Å²) in [7, 11) is -3.83. The molecule has 0 aliphatic carbocycles. The molecule has 9 heteroatoms. The maximum Gasteiger partial charge on any atom is 0.255 e. The van der Waals surface area contributed by atoms with Gasteiger partial charge < -0.3 is 4.90 Å². The first kappa shape index (κ1) is 23.4. The fourth-order valence-electron chi connectivity index (χ4n) is 3.32. The number of benzene rings is 2. The molecular weight excluding hydrogens is 463 g/mol. The molecule has 0 saturated carbocycles. The van der Waals surface area contributed by atoms with Gasteiger partial charge in [-0.3, -0.25) is 4.79 Å². The highest BCUT2D eigenvalue weighted by Crippen LogP contribution is 2.27. The highest BCUT2D eigenvalue weighted by atomic mass is 35.5. The molecule has 0 aromatic heterocycles. The second kappa shape index (κ2) is 9.92. The van der Waals surface area contributed by atoms with Gasteiger partial charge in [-0.2, -0.15) is 0 Å². The Kier molecular flexibility index (Phi) is 7.74. The molecule has 0 atom stereocenters. The topological polar surface area (TPSA) is 66.5 Å². The van der Waals surface area contributed by atoms with Crippen molar-refractivity contribution in [1.29, 1.82) is 0 Å². The first-order valence-electron chi connectivity index (χ1n) is 9.62. The predicted octanol–water partition coefficient (Wildman–Crippen LogP) is 5.07. The number of sulfonamides is 1. The number of carbonyl (C=O) groups is 1. The maximum absolute atomic E-state index is 13.1. The van der Waals surface area contributed by atoms with Crippen LogP contribution in [0.25, 0.3) is 0 Å². The van der Waals surface area contributed by atoms with Crippen molar-refractivity contribution in [2.45, 2.75) is 36.1 Å². The molecule has 1 N–H and O–H groups in total. The normalized spacial score (nSPS) is 15.4. The van der Waals surface area contributed by atoms with Gasteiger partial charge in [0.25, 0.3) is 5.91 Å². The van der Waals surface area contributed by atoms with Gasteiger partial charge in [0, 0.05) is 34.6 Å². The average Bonchev–Trinajstić information content (AvgIpc) is 2.72. The Balaban J connectivity index is 1.82. The summed E-state index contributed by atoms with van der Waals surface area (Å²) in [5, 5.41) is 0.868. The summed E-state index contributed by atoms with van der Waals surface area (Å²) >= 11 is 13.5. The van der Waals surface area contributed by atoms with Crippen LogP contribution in [-0.4, -0.2) is 38.6 Å². The SMILES string of the molecule is CSc1ccc(S(=O)(=O)NCc2ccc(Cl)cc2Cl)cc1C(=O)N1CCC(C)CC1. The zero-order valence-electron chi connectivity index (χ0n) is 16.8. The molecule has 30 heavy (non-hydrogen) atoms. The third-order valence-electron chi connectivity index (χ3n) is 5.25. The van der Waals surface area contributed by atoms with Gasteiger partial charge in [-0.25, -0.2) is 13.1 Å². The summed E-state index contributed by atoms with van der Waals surface area (Å²) in [6.45, 7) is 3.59. The second-order valence-corrected chi connectivity index (χ2v) is 10.9. The van der Waals surface area contributed by atoms with E-state index < -0.39 is 10.0 Å². The fourth-order valence-corrected chi connectivity index (χ4v) is 5.40. The van der Waals surface area contributed by atoms with Crippen molar-refractivity contribution >= 4 is 50.9 Å². The number of likely N-dealkylation sites (tertiary alicyclic amines) is 1. The molecule has 0 unspecified atom stereocenters. The van der Waals surface area contributed by atoms with E-state index in [2.05, 4.69) is 11.6 Å². The van der Waals surface area contributed by atoms with Crippen LogP contribution >= 0.6 is 35.0 Å². The molecule has 162 valence electrons. The van der Waals surface area contributed by atoms with Crippen LogP contribution in [0.4, 0.5) is 0 Å².